The molecule has 0 atom stereocenters. The third kappa shape index (κ3) is 1.52. The van der Waals surface area contributed by atoms with Gasteiger partial charge in [-0.2, -0.15) is 0 Å². The van der Waals surface area contributed by atoms with Gasteiger partial charge >= 0.3 is 0 Å². The molecule has 0 radical (unpaired) electrons. The SMILES string of the molecule is Cc1ccc(F)c(-c2ccoc2C=O)c1F. The fourth-order valence-electron chi connectivity index (χ4n) is 1.52. The van der Waals surface area contributed by atoms with Gasteiger partial charge in [-0.15, -0.1) is 0 Å². The van der Waals surface area contributed by atoms with E-state index in [-0.39, 0.29) is 16.9 Å². The number of hydrogen-bond acceptors (Lipinski definition) is 2. The minimum absolute atomic E-state index is 0.0802. The van der Waals surface area contributed by atoms with Crippen LogP contribution in [0, 0.1) is 18.6 Å². The number of aldehydes is 1. The maximum Gasteiger partial charge on any atom is 0.185 e. The Kier molecular flexibility index (Phi) is 2.56. The van der Waals surface area contributed by atoms with Crippen LogP contribution in [0.25, 0.3) is 11.1 Å². The molecule has 0 fully saturated rings. The van der Waals surface area contributed by atoms with Gasteiger partial charge in [-0.25, -0.2) is 8.78 Å². The molecule has 2 rings (SSSR count). The van der Waals surface area contributed by atoms with E-state index in [0.29, 0.717) is 11.8 Å². The molecular weight excluding hydrogens is 214 g/mol. The Balaban J connectivity index is 2.73. The molecule has 16 heavy (non-hydrogen) atoms. The lowest BCUT2D eigenvalue weighted by atomic mass is 10.0. The second-order valence-electron chi connectivity index (χ2n) is 3.37. The van der Waals surface area contributed by atoms with Gasteiger partial charge in [0.1, 0.15) is 11.6 Å². The second kappa shape index (κ2) is 3.89. The van der Waals surface area contributed by atoms with Crippen LogP contribution in [0.5, 0.6) is 0 Å². The Bertz CT molecular complexity index is 544. The summed E-state index contributed by atoms with van der Waals surface area (Å²) in [4.78, 5) is 10.6. The smallest absolute Gasteiger partial charge is 0.185 e. The van der Waals surface area contributed by atoms with Gasteiger partial charge in [0.2, 0.25) is 0 Å². The number of carbonyl (C=O) groups excluding carboxylic acids is 1. The quantitative estimate of drug-likeness (QED) is 0.729. The van der Waals surface area contributed by atoms with Crippen molar-refractivity contribution in [3.05, 3.63) is 47.4 Å². The molecule has 0 aliphatic carbocycles. The average molecular weight is 222 g/mol. The summed E-state index contributed by atoms with van der Waals surface area (Å²) in [6.45, 7) is 1.53. The molecule has 0 spiro atoms. The van der Waals surface area contributed by atoms with E-state index in [1.165, 1.54) is 25.3 Å². The van der Waals surface area contributed by atoms with Crippen molar-refractivity contribution in [2.45, 2.75) is 6.92 Å². The maximum absolute atomic E-state index is 13.7. The molecule has 0 amide bonds. The monoisotopic (exact) mass is 222 g/mol. The lowest BCUT2D eigenvalue weighted by molar-refractivity contribution is 0.110. The Morgan fingerprint density at radius 2 is 2.00 bits per heavy atom. The Labute approximate surface area is 90.5 Å². The van der Waals surface area contributed by atoms with Crippen molar-refractivity contribution in [1.29, 1.82) is 0 Å². The van der Waals surface area contributed by atoms with Crippen molar-refractivity contribution in [1.82, 2.24) is 0 Å². The van der Waals surface area contributed by atoms with Crippen molar-refractivity contribution in [2.75, 3.05) is 0 Å². The van der Waals surface area contributed by atoms with Gasteiger partial charge in [0.15, 0.2) is 12.0 Å². The Hall–Kier alpha value is -1.97. The molecule has 0 aliphatic heterocycles. The first-order chi connectivity index (χ1) is 7.65. The van der Waals surface area contributed by atoms with Crippen LogP contribution in [0.2, 0.25) is 0 Å². The van der Waals surface area contributed by atoms with Gasteiger partial charge in [0.25, 0.3) is 0 Å². The van der Waals surface area contributed by atoms with Gasteiger partial charge in [-0.05, 0) is 24.6 Å². The molecule has 0 saturated carbocycles. The number of aryl methyl sites for hydroxylation is 1. The van der Waals surface area contributed by atoms with Crippen molar-refractivity contribution < 1.29 is 18.0 Å². The normalized spacial score (nSPS) is 10.4. The van der Waals surface area contributed by atoms with Gasteiger partial charge < -0.3 is 4.42 Å². The summed E-state index contributed by atoms with van der Waals surface area (Å²) in [5, 5.41) is 0. The highest BCUT2D eigenvalue weighted by atomic mass is 19.1. The van der Waals surface area contributed by atoms with E-state index in [4.69, 9.17) is 4.42 Å². The van der Waals surface area contributed by atoms with E-state index in [0.717, 1.165) is 6.07 Å². The van der Waals surface area contributed by atoms with Crippen LogP contribution in [0.3, 0.4) is 0 Å². The highest BCUT2D eigenvalue weighted by Gasteiger charge is 2.18. The third-order valence-electron chi connectivity index (χ3n) is 2.36. The van der Waals surface area contributed by atoms with Crippen LogP contribution in [0.15, 0.2) is 28.9 Å². The highest BCUT2D eigenvalue weighted by molar-refractivity contribution is 5.84. The number of rotatable bonds is 2. The van der Waals surface area contributed by atoms with E-state index >= 15 is 0 Å². The van der Waals surface area contributed by atoms with E-state index in [2.05, 4.69) is 0 Å². The summed E-state index contributed by atoms with van der Waals surface area (Å²) in [5.74, 6) is -1.47. The predicted octanol–water partition coefficient (Wildman–Crippen LogP) is 3.35. The van der Waals surface area contributed by atoms with Gasteiger partial charge in [-0.3, -0.25) is 4.79 Å². The van der Waals surface area contributed by atoms with E-state index in [1.54, 1.807) is 0 Å². The fourth-order valence-corrected chi connectivity index (χ4v) is 1.52. The second-order valence-corrected chi connectivity index (χ2v) is 3.37. The number of halogens is 2. The number of benzene rings is 1. The molecule has 2 aromatic rings. The topological polar surface area (TPSA) is 30.2 Å². The minimum Gasteiger partial charge on any atom is -0.461 e. The Morgan fingerprint density at radius 3 is 2.69 bits per heavy atom. The van der Waals surface area contributed by atoms with Gasteiger partial charge in [0, 0.05) is 5.56 Å². The van der Waals surface area contributed by atoms with Crippen LogP contribution in [0.4, 0.5) is 8.78 Å². The molecule has 2 nitrogen and oxygen atoms in total. The average Bonchev–Trinajstić information content (AvgIpc) is 2.72. The van der Waals surface area contributed by atoms with Crippen LogP contribution in [0.1, 0.15) is 16.1 Å². The Morgan fingerprint density at radius 1 is 1.25 bits per heavy atom. The van der Waals surface area contributed by atoms with Gasteiger partial charge in [0.05, 0.1) is 11.8 Å². The van der Waals surface area contributed by atoms with Crippen molar-refractivity contribution in [3.63, 3.8) is 0 Å². The van der Waals surface area contributed by atoms with Crippen LogP contribution >= 0.6 is 0 Å². The van der Waals surface area contributed by atoms with Crippen molar-refractivity contribution in [2.24, 2.45) is 0 Å². The molecule has 1 heterocycles. The molecule has 4 heteroatoms. The molecule has 0 aliphatic rings. The molecule has 1 aromatic heterocycles. The molecule has 0 saturated heterocycles. The third-order valence-corrected chi connectivity index (χ3v) is 2.36. The lowest BCUT2D eigenvalue weighted by Gasteiger charge is -2.05. The summed E-state index contributed by atoms with van der Waals surface area (Å²) in [5.41, 5.74) is 0.221. The van der Waals surface area contributed by atoms with E-state index in [9.17, 15) is 13.6 Å². The molecule has 0 bridgehead atoms. The number of carbonyl (C=O) groups is 1. The maximum atomic E-state index is 13.7. The summed E-state index contributed by atoms with van der Waals surface area (Å²) in [6, 6.07) is 3.87. The zero-order chi connectivity index (χ0) is 11.7. The van der Waals surface area contributed by atoms with E-state index in [1.807, 2.05) is 0 Å². The fraction of sp³-hybridized carbons (Fsp3) is 0.0833. The standard InChI is InChI=1S/C12H8F2O2/c1-7-2-3-9(13)11(12(7)14)8-4-5-16-10(8)6-15/h2-6H,1H3. The van der Waals surface area contributed by atoms with E-state index < -0.39 is 11.6 Å². The number of hydrogen-bond donors (Lipinski definition) is 0. The molecular formula is C12H8F2O2. The molecule has 0 N–H and O–H groups in total. The summed E-state index contributed by atoms with van der Waals surface area (Å²) >= 11 is 0. The van der Waals surface area contributed by atoms with Crippen LogP contribution in [-0.4, -0.2) is 6.29 Å². The first-order valence-corrected chi connectivity index (χ1v) is 4.62. The van der Waals surface area contributed by atoms with Crippen LogP contribution < -0.4 is 0 Å². The molecule has 82 valence electrons. The first-order valence-electron chi connectivity index (χ1n) is 4.62. The van der Waals surface area contributed by atoms with Crippen LogP contribution in [-0.2, 0) is 0 Å². The largest absolute Gasteiger partial charge is 0.461 e. The summed E-state index contributed by atoms with van der Waals surface area (Å²) < 4.78 is 32.1. The lowest BCUT2D eigenvalue weighted by Crippen LogP contribution is -1.94. The molecule has 1 aromatic carbocycles. The zero-order valence-corrected chi connectivity index (χ0v) is 8.46. The minimum atomic E-state index is -0.715. The van der Waals surface area contributed by atoms with Gasteiger partial charge in [-0.1, -0.05) is 6.07 Å². The van der Waals surface area contributed by atoms with Crippen molar-refractivity contribution >= 4 is 6.29 Å². The highest BCUT2D eigenvalue weighted by Crippen LogP contribution is 2.30. The zero-order valence-electron chi connectivity index (χ0n) is 8.46. The molecule has 0 unspecified atom stereocenters. The summed E-state index contributed by atoms with van der Waals surface area (Å²) in [7, 11) is 0. The summed E-state index contributed by atoms with van der Waals surface area (Å²) in [6.07, 6.45) is 1.65. The number of furan rings is 1. The first kappa shape index (κ1) is 10.5. The predicted molar refractivity (Wildman–Crippen MR) is 54.2 cm³/mol. The van der Waals surface area contributed by atoms with Crippen molar-refractivity contribution in [3.8, 4) is 11.1 Å².